The summed E-state index contributed by atoms with van der Waals surface area (Å²) < 4.78 is 1.96. The number of aromatic carboxylic acids is 1. The van der Waals surface area contributed by atoms with Crippen molar-refractivity contribution in [3.63, 3.8) is 0 Å². The number of aryl methyl sites for hydroxylation is 2. The Morgan fingerprint density at radius 1 is 1.04 bits per heavy atom. The van der Waals surface area contributed by atoms with Crippen molar-refractivity contribution in [3.8, 4) is 0 Å². The molecule has 0 bridgehead atoms. The third kappa shape index (κ3) is 3.60. The highest BCUT2D eigenvalue weighted by molar-refractivity contribution is 5.98. The minimum atomic E-state index is -0.838. The summed E-state index contributed by atoms with van der Waals surface area (Å²) in [4.78, 5) is 12.1. The number of rotatable bonds is 7. The minimum Gasteiger partial charge on any atom is -0.477 e. The van der Waals surface area contributed by atoms with Gasteiger partial charge in [-0.15, -0.1) is 0 Å². The van der Waals surface area contributed by atoms with Crippen molar-refractivity contribution in [3.05, 3.63) is 70.9 Å². The lowest BCUT2D eigenvalue weighted by Gasteiger charge is -2.10. The molecule has 3 rings (SSSR count). The molecule has 0 radical (unpaired) electrons. The maximum Gasteiger partial charge on any atom is 0.352 e. The Morgan fingerprint density at radius 2 is 1.76 bits per heavy atom. The highest BCUT2D eigenvalue weighted by Gasteiger charge is 2.21. The van der Waals surface area contributed by atoms with Gasteiger partial charge in [0.15, 0.2) is 0 Å². The molecule has 130 valence electrons. The van der Waals surface area contributed by atoms with Crippen molar-refractivity contribution in [2.75, 3.05) is 0 Å². The molecule has 0 fully saturated rings. The number of benzene rings is 2. The Hall–Kier alpha value is -2.55. The molecule has 0 spiro atoms. The van der Waals surface area contributed by atoms with E-state index in [0.29, 0.717) is 12.2 Å². The third-order valence-corrected chi connectivity index (χ3v) is 4.77. The van der Waals surface area contributed by atoms with E-state index in [9.17, 15) is 9.90 Å². The molecule has 1 heterocycles. The highest BCUT2D eigenvalue weighted by Crippen LogP contribution is 2.29. The first-order valence-electron chi connectivity index (χ1n) is 9.00. The molecule has 3 heteroatoms. The topological polar surface area (TPSA) is 42.2 Å². The van der Waals surface area contributed by atoms with Crippen LogP contribution in [-0.4, -0.2) is 15.6 Å². The molecule has 1 aromatic heterocycles. The average Bonchev–Trinajstić information content (AvgIpc) is 2.91. The van der Waals surface area contributed by atoms with Crippen molar-refractivity contribution in [2.24, 2.45) is 0 Å². The van der Waals surface area contributed by atoms with Crippen LogP contribution in [0.2, 0.25) is 0 Å². The highest BCUT2D eigenvalue weighted by atomic mass is 16.4. The summed E-state index contributed by atoms with van der Waals surface area (Å²) in [6.45, 7) is 4.80. The second-order valence-corrected chi connectivity index (χ2v) is 6.68. The first-order valence-corrected chi connectivity index (χ1v) is 9.00. The molecule has 3 nitrogen and oxygen atoms in total. The molecule has 0 aliphatic heterocycles. The SMILES string of the molecule is CCCCCc1c(C(=O)O)n(Cc2ccc(C)cc2)c2ccccc12. The summed E-state index contributed by atoms with van der Waals surface area (Å²) >= 11 is 0. The molecule has 3 aromatic rings. The Morgan fingerprint density at radius 3 is 2.44 bits per heavy atom. The van der Waals surface area contributed by atoms with Gasteiger partial charge in [-0.2, -0.15) is 0 Å². The Balaban J connectivity index is 2.10. The number of nitrogens with zero attached hydrogens (tertiary/aromatic N) is 1. The molecule has 25 heavy (non-hydrogen) atoms. The maximum absolute atomic E-state index is 12.1. The zero-order valence-corrected chi connectivity index (χ0v) is 15.0. The van der Waals surface area contributed by atoms with Crippen LogP contribution in [0.5, 0.6) is 0 Å². The van der Waals surface area contributed by atoms with Gasteiger partial charge < -0.3 is 9.67 Å². The molecule has 0 saturated carbocycles. The van der Waals surface area contributed by atoms with E-state index in [1.54, 1.807) is 0 Å². The summed E-state index contributed by atoms with van der Waals surface area (Å²) in [5.41, 5.74) is 4.75. The summed E-state index contributed by atoms with van der Waals surface area (Å²) in [7, 11) is 0. The van der Waals surface area contributed by atoms with E-state index < -0.39 is 5.97 Å². The van der Waals surface area contributed by atoms with Gasteiger partial charge >= 0.3 is 5.97 Å². The van der Waals surface area contributed by atoms with Crippen LogP contribution in [0.1, 0.15) is 53.4 Å². The van der Waals surface area contributed by atoms with Crippen molar-refractivity contribution in [1.82, 2.24) is 4.57 Å². The van der Waals surface area contributed by atoms with Gasteiger partial charge in [0, 0.05) is 17.4 Å². The number of aromatic nitrogens is 1. The fourth-order valence-electron chi connectivity index (χ4n) is 3.46. The Labute approximate surface area is 148 Å². The molecular formula is C22H25NO2. The summed E-state index contributed by atoms with van der Waals surface area (Å²) in [5.74, 6) is -0.838. The van der Waals surface area contributed by atoms with Gasteiger partial charge in [-0.05, 0) is 37.0 Å². The van der Waals surface area contributed by atoms with E-state index in [1.165, 1.54) is 5.56 Å². The number of hydrogen-bond donors (Lipinski definition) is 1. The lowest BCUT2D eigenvalue weighted by atomic mass is 10.0. The molecule has 0 aliphatic carbocycles. The molecule has 0 atom stereocenters. The van der Waals surface area contributed by atoms with Gasteiger partial charge in [-0.3, -0.25) is 0 Å². The number of para-hydroxylation sites is 1. The van der Waals surface area contributed by atoms with Crippen LogP contribution in [-0.2, 0) is 13.0 Å². The standard InChI is InChI=1S/C22H25NO2/c1-3-4-5-9-19-18-8-6-7-10-20(18)23(21(19)22(24)25)15-17-13-11-16(2)12-14-17/h6-8,10-14H,3-5,9,15H2,1-2H3,(H,24,25). The lowest BCUT2D eigenvalue weighted by Crippen LogP contribution is -2.11. The van der Waals surface area contributed by atoms with Crippen LogP contribution < -0.4 is 0 Å². The van der Waals surface area contributed by atoms with Gasteiger partial charge in [0.05, 0.1) is 0 Å². The third-order valence-electron chi connectivity index (χ3n) is 4.77. The van der Waals surface area contributed by atoms with Gasteiger partial charge in [-0.25, -0.2) is 4.79 Å². The lowest BCUT2D eigenvalue weighted by molar-refractivity contribution is 0.0685. The molecule has 0 aliphatic rings. The fraction of sp³-hybridized carbons (Fsp3) is 0.318. The molecule has 0 unspecified atom stereocenters. The number of carbonyl (C=O) groups is 1. The summed E-state index contributed by atoms with van der Waals surface area (Å²) in [5, 5.41) is 11.0. The second-order valence-electron chi connectivity index (χ2n) is 6.68. The van der Waals surface area contributed by atoms with Crippen molar-refractivity contribution in [2.45, 2.75) is 46.1 Å². The fourth-order valence-corrected chi connectivity index (χ4v) is 3.46. The van der Waals surface area contributed by atoms with Crippen LogP contribution in [0.4, 0.5) is 0 Å². The van der Waals surface area contributed by atoms with Crippen LogP contribution in [0.3, 0.4) is 0 Å². The average molecular weight is 335 g/mol. The molecule has 2 aromatic carbocycles. The van der Waals surface area contributed by atoms with Crippen molar-refractivity contribution in [1.29, 1.82) is 0 Å². The predicted octanol–water partition coefficient (Wildman–Crippen LogP) is 5.43. The number of unbranched alkanes of at least 4 members (excludes halogenated alkanes) is 2. The first kappa shape index (κ1) is 17.3. The number of carboxylic acids is 1. The smallest absolute Gasteiger partial charge is 0.352 e. The predicted molar refractivity (Wildman–Crippen MR) is 102 cm³/mol. The molecular weight excluding hydrogens is 310 g/mol. The Kier molecular flexibility index (Phi) is 5.22. The largest absolute Gasteiger partial charge is 0.477 e. The van der Waals surface area contributed by atoms with Gasteiger partial charge in [0.25, 0.3) is 0 Å². The minimum absolute atomic E-state index is 0.442. The molecule has 1 N–H and O–H groups in total. The van der Waals surface area contributed by atoms with E-state index in [2.05, 4.69) is 44.2 Å². The van der Waals surface area contributed by atoms with Crippen molar-refractivity contribution < 1.29 is 9.90 Å². The maximum atomic E-state index is 12.1. The zero-order valence-electron chi connectivity index (χ0n) is 15.0. The second kappa shape index (κ2) is 7.56. The van der Waals surface area contributed by atoms with Gasteiger partial charge in [0.1, 0.15) is 5.69 Å². The zero-order chi connectivity index (χ0) is 17.8. The van der Waals surface area contributed by atoms with E-state index in [1.807, 2.05) is 22.8 Å². The number of carboxylic acid groups (broad SMARTS) is 1. The van der Waals surface area contributed by atoms with Gasteiger partial charge in [0.2, 0.25) is 0 Å². The Bertz CT molecular complexity index is 875. The van der Waals surface area contributed by atoms with Crippen LogP contribution in [0, 0.1) is 6.92 Å². The van der Waals surface area contributed by atoms with Gasteiger partial charge in [-0.1, -0.05) is 67.8 Å². The van der Waals surface area contributed by atoms with E-state index in [0.717, 1.165) is 47.7 Å². The quantitative estimate of drug-likeness (QED) is 0.585. The number of hydrogen-bond acceptors (Lipinski definition) is 1. The monoisotopic (exact) mass is 335 g/mol. The van der Waals surface area contributed by atoms with Crippen LogP contribution >= 0.6 is 0 Å². The van der Waals surface area contributed by atoms with E-state index in [4.69, 9.17) is 0 Å². The molecule has 0 saturated heterocycles. The van der Waals surface area contributed by atoms with Crippen LogP contribution in [0.15, 0.2) is 48.5 Å². The summed E-state index contributed by atoms with van der Waals surface area (Å²) in [6.07, 6.45) is 4.09. The van der Waals surface area contributed by atoms with E-state index >= 15 is 0 Å². The number of fused-ring (bicyclic) bond motifs is 1. The van der Waals surface area contributed by atoms with E-state index in [-0.39, 0.29) is 0 Å². The molecule has 0 amide bonds. The van der Waals surface area contributed by atoms with Crippen molar-refractivity contribution >= 4 is 16.9 Å². The first-order chi connectivity index (χ1) is 12.1. The van der Waals surface area contributed by atoms with Crippen LogP contribution in [0.25, 0.3) is 10.9 Å². The normalized spacial score (nSPS) is 11.1. The summed E-state index contributed by atoms with van der Waals surface area (Å²) in [6, 6.07) is 16.4.